The normalized spacial score (nSPS) is 9.97. The zero-order chi connectivity index (χ0) is 26.7. The van der Waals surface area contributed by atoms with Gasteiger partial charge in [0.05, 0.1) is 18.1 Å². The summed E-state index contributed by atoms with van der Waals surface area (Å²) in [6.45, 7) is 31.0. The zero-order valence-electron chi connectivity index (χ0n) is 24.0. The summed E-state index contributed by atoms with van der Waals surface area (Å²) in [6.07, 6.45) is 6.70. The highest BCUT2D eigenvalue weighted by molar-refractivity contribution is 5.12. The van der Waals surface area contributed by atoms with Crippen LogP contribution >= 0.6 is 0 Å². The van der Waals surface area contributed by atoms with Crippen LogP contribution in [0.3, 0.4) is 0 Å². The minimum absolute atomic E-state index is 0. The van der Waals surface area contributed by atoms with E-state index in [-0.39, 0.29) is 23.7 Å². The van der Waals surface area contributed by atoms with Crippen molar-refractivity contribution in [1.29, 1.82) is 0 Å². The summed E-state index contributed by atoms with van der Waals surface area (Å²) in [5, 5.41) is 11.0. The molecule has 3 rings (SSSR count). The van der Waals surface area contributed by atoms with Gasteiger partial charge in [0.1, 0.15) is 18.3 Å². The number of hydrogen-bond donors (Lipinski definition) is 0. The Morgan fingerprint density at radius 2 is 1.18 bits per heavy atom. The van der Waals surface area contributed by atoms with Crippen LogP contribution in [0.4, 0.5) is 0 Å². The zero-order valence-corrected chi connectivity index (χ0v) is 24.0. The van der Waals surface area contributed by atoms with E-state index < -0.39 is 0 Å². The van der Waals surface area contributed by atoms with E-state index in [1.165, 1.54) is 0 Å². The molecule has 200 valence electrons. The van der Waals surface area contributed by atoms with Crippen LogP contribution in [-0.2, 0) is 16.2 Å². The molecule has 0 aliphatic carbocycles. The summed E-state index contributed by atoms with van der Waals surface area (Å²) in [6, 6.07) is 3.78. The fraction of sp³-hybridized carbons (Fsp3) is 0.679. The molecule has 0 amide bonds. The van der Waals surface area contributed by atoms with Crippen molar-refractivity contribution in [2.45, 2.75) is 128 Å². The van der Waals surface area contributed by atoms with Crippen LogP contribution < -0.4 is 0 Å². The highest BCUT2D eigenvalue weighted by Crippen LogP contribution is 2.21. The van der Waals surface area contributed by atoms with Crippen molar-refractivity contribution in [3.05, 3.63) is 54.1 Å². The maximum absolute atomic E-state index is 4.95. The summed E-state index contributed by atoms with van der Waals surface area (Å²) in [5.41, 5.74) is 2.52. The summed E-state index contributed by atoms with van der Waals surface area (Å²) >= 11 is 0. The molecule has 0 N–H and O–H groups in total. The maximum Gasteiger partial charge on any atom is 0.142 e. The molecule has 0 saturated carbocycles. The minimum atomic E-state index is 0. The van der Waals surface area contributed by atoms with Crippen LogP contribution in [0.15, 0.2) is 50.6 Å². The van der Waals surface area contributed by atoms with Crippen LogP contribution in [0.2, 0.25) is 0 Å². The molecule has 0 aromatic carbocycles. The van der Waals surface area contributed by atoms with Crippen molar-refractivity contribution in [2.75, 3.05) is 0 Å². The SMILES string of the molecule is C.CC.CC.CC.CC(C)(C)c1ccno1.CC(C)(C)c1ccon1.CC(C)(C)c1cnoc1. The molecule has 34 heavy (non-hydrogen) atoms. The van der Waals surface area contributed by atoms with Gasteiger partial charge in [-0.15, -0.1) is 0 Å². The second kappa shape index (κ2) is 20.0. The number of aromatic nitrogens is 3. The highest BCUT2D eigenvalue weighted by Gasteiger charge is 2.17. The highest BCUT2D eigenvalue weighted by atomic mass is 16.5. The molecule has 0 unspecified atom stereocenters. The first-order chi connectivity index (χ1) is 15.3. The predicted octanol–water partition coefficient (Wildman–Crippen LogP) is 9.63. The van der Waals surface area contributed by atoms with E-state index in [0.717, 1.165) is 17.0 Å². The third kappa shape index (κ3) is 18.1. The summed E-state index contributed by atoms with van der Waals surface area (Å²) in [5.74, 6) is 0.933. The second-order valence-electron chi connectivity index (χ2n) is 9.42. The molecule has 0 radical (unpaired) electrons. The standard InChI is InChI=1S/3C7H11NO.3C2H6.CH4/c1-7(2,3)6-4-8-9-5-6;1-7(2,3)6-4-5-9-8-6;1-7(2,3)6-4-5-8-9-6;3*1-2;/h3*4-5H,1-3H3;3*1-2H3;1H4. The van der Waals surface area contributed by atoms with E-state index >= 15 is 0 Å². The fourth-order valence-electron chi connectivity index (χ4n) is 1.78. The molecule has 0 aliphatic heterocycles. The van der Waals surface area contributed by atoms with Gasteiger partial charge in [0, 0.05) is 28.5 Å². The van der Waals surface area contributed by atoms with E-state index in [2.05, 4.69) is 77.8 Å². The Bertz CT molecular complexity index is 621. The van der Waals surface area contributed by atoms with Gasteiger partial charge < -0.3 is 13.6 Å². The molecular weight excluding hydrogens is 426 g/mol. The quantitative estimate of drug-likeness (QED) is 0.318. The Kier molecular flexibility index (Phi) is 22.9. The lowest BCUT2D eigenvalue weighted by molar-refractivity contribution is 0.329. The smallest absolute Gasteiger partial charge is 0.142 e. The third-order valence-corrected chi connectivity index (χ3v) is 3.68. The molecular formula is C28H55N3O3. The second-order valence-corrected chi connectivity index (χ2v) is 9.42. The van der Waals surface area contributed by atoms with E-state index in [1.807, 2.05) is 53.7 Å². The van der Waals surface area contributed by atoms with Crippen LogP contribution in [0, 0.1) is 0 Å². The van der Waals surface area contributed by atoms with Gasteiger partial charge in [0.25, 0.3) is 0 Å². The van der Waals surface area contributed by atoms with Crippen LogP contribution in [0.5, 0.6) is 0 Å². The van der Waals surface area contributed by atoms with Gasteiger partial charge in [0.2, 0.25) is 0 Å². The summed E-state index contributed by atoms with van der Waals surface area (Å²) in [4.78, 5) is 0. The summed E-state index contributed by atoms with van der Waals surface area (Å²) in [7, 11) is 0. The first-order valence-electron chi connectivity index (χ1n) is 12.0. The fourth-order valence-corrected chi connectivity index (χ4v) is 1.78. The van der Waals surface area contributed by atoms with Crippen LogP contribution in [0.1, 0.15) is 128 Å². The molecule has 0 saturated heterocycles. The molecule has 3 aromatic heterocycles. The lowest BCUT2D eigenvalue weighted by Crippen LogP contribution is -2.10. The third-order valence-electron chi connectivity index (χ3n) is 3.68. The first-order valence-corrected chi connectivity index (χ1v) is 12.0. The molecule has 3 aromatic rings. The van der Waals surface area contributed by atoms with E-state index in [4.69, 9.17) is 13.6 Å². The largest absolute Gasteiger partial charge is 0.364 e. The lowest BCUT2D eigenvalue weighted by atomic mass is 9.90. The van der Waals surface area contributed by atoms with Gasteiger partial charge in [-0.05, 0) is 5.41 Å². The minimum Gasteiger partial charge on any atom is -0.364 e. The van der Waals surface area contributed by atoms with Gasteiger partial charge in [-0.3, -0.25) is 0 Å². The first kappa shape index (κ1) is 38.9. The average Bonchev–Trinajstić information content (AvgIpc) is 3.55. The van der Waals surface area contributed by atoms with Crippen molar-refractivity contribution < 1.29 is 13.6 Å². The van der Waals surface area contributed by atoms with Crippen molar-refractivity contribution in [2.24, 2.45) is 0 Å². The predicted molar refractivity (Wildman–Crippen MR) is 146 cm³/mol. The van der Waals surface area contributed by atoms with Crippen molar-refractivity contribution >= 4 is 0 Å². The van der Waals surface area contributed by atoms with E-state index in [0.29, 0.717) is 0 Å². The number of nitrogens with zero attached hydrogens (tertiary/aromatic N) is 3. The van der Waals surface area contributed by atoms with Gasteiger partial charge in [-0.1, -0.05) is 127 Å². The van der Waals surface area contributed by atoms with Crippen molar-refractivity contribution in [3.8, 4) is 0 Å². The summed E-state index contributed by atoms with van der Waals surface area (Å²) < 4.78 is 14.3. The molecule has 0 aliphatic rings. The monoisotopic (exact) mass is 481 g/mol. The van der Waals surface area contributed by atoms with Crippen LogP contribution in [-0.4, -0.2) is 15.5 Å². The Labute approximate surface area is 210 Å². The molecule has 6 nitrogen and oxygen atoms in total. The van der Waals surface area contributed by atoms with Gasteiger partial charge in [0.15, 0.2) is 0 Å². The Balaban J connectivity index is -0.000000176. The number of rotatable bonds is 0. The van der Waals surface area contributed by atoms with E-state index in [9.17, 15) is 0 Å². The number of hydrogen-bond acceptors (Lipinski definition) is 6. The molecule has 6 heteroatoms. The molecule has 0 spiro atoms. The molecule has 0 fully saturated rings. The molecule has 0 atom stereocenters. The molecule has 3 heterocycles. The lowest BCUT2D eigenvalue weighted by Gasteiger charge is -2.13. The topological polar surface area (TPSA) is 78.1 Å². The maximum atomic E-state index is 4.95. The Morgan fingerprint density at radius 1 is 0.647 bits per heavy atom. The van der Waals surface area contributed by atoms with Gasteiger partial charge in [-0.25, -0.2) is 0 Å². The Hall–Kier alpha value is -2.37. The Morgan fingerprint density at radius 3 is 1.35 bits per heavy atom. The van der Waals surface area contributed by atoms with Crippen LogP contribution in [0.25, 0.3) is 0 Å². The van der Waals surface area contributed by atoms with Crippen molar-refractivity contribution in [1.82, 2.24) is 15.5 Å². The molecule has 0 bridgehead atoms. The van der Waals surface area contributed by atoms with Gasteiger partial charge in [-0.2, -0.15) is 0 Å². The van der Waals surface area contributed by atoms with E-state index in [1.54, 1.807) is 24.9 Å². The average molecular weight is 482 g/mol. The van der Waals surface area contributed by atoms with Gasteiger partial charge >= 0.3 is 0 Å². The van der Waals surface area contributed by atoms with Crippen molar-refractivity contribution in [3.63, 3.8) is 0 Å².